The van der Waals surface area contributed by atoms with Crippen LogP contribution in [0.15, 0.2) is 16.8 Å². The summed E-state index contributed by atoms with van der Waals surface area (Å²) in [6.07, 6.45) is 4.41. The monoisotopic (exact) mass is 251 g/mol. The van der Waals surface area contributed by atoms with Gasteiger partial charge in [0, 0.05) is 10.9 Å². The molecule has 0 amide bonds. The van der Waals surface area contributed by atoms with Gasteiger partial charge in [-0.3, -0.25) is 9.69 Å². The Labute approximate surface area is 108 Å². The average Bonchev–Trinajstić information content (AvgIpc) is 2.81. The fraction of sp³-hybridized carbons (Fsp3) is 0.643. The van der Waals surface area contributed by atoms with Crippen LogP contribution >= 0.6 is 11.3 Å². The first-order valence-electron chi connectivity index (χ1n) is 6.31. The van der Waals surface area contributed by atoms with E-state index >= 15 is 0 Å². The lowest BCUT2D eigenvalue weighted by molar-refractivity contribution is 0.0487. The van der Waals surface area contributed by atoms with E-state index in [0.29, 0.717) is 11.7 Å². The fourth-order valence-electron chi connectivity index (χ4n) is 3.00. The Bertz CT molecular complexity index is 385. The number of rotatable bonds is 3. The molecule has 1 aromatic rings. The number of hydrogen-bond donors (Lipinski definition) is 0. The molecule has 2 unspecified atom stereocenters. The molecule has 0 aliphatic heterocycles. The summed E-state index contributed by atoms with van der Waals surface area (Å²) in [6.45, 7) is 2.26. The quantitative estimate of drug-likeness (QED) is 0.767. The molecule has 1 aliphatic carbocycles. The first kappa shape index (κ1) is 12.8. The molecule has 2 nitrogen and oxygen atoms in total. The molecule has 1 saturated carbocycles. The van der Waals surface area contributed by atoms with Crippen molar-refractivity contribution >= 4 is 17.1 Å². The van der Waals surface area contributed by atoms with Crippen LogP contribution < -0.4 is 0 Å². The Hall–Kier alpha value is -0.670. The number of ketones is 1. The van der Waals surface area contributed by atoms with E-state index in [9.17, 15) is 4.79 Å². The van der Waals surface area contributed by atoms with E-state index in [-0.39, 0.29) is 5.54 Å². The number of nitrogens with zero attached hydrogens (tertiary/aromatic N) is 1. The molecule has 0 saturated heterocycles. The SMILES string of the molecule is CC1CCCC(C(=O)c2ccsc2)(N(C)C)C1. The van der Waals surface area contributed by atoms with Crippen molar-refractivity contribution in [2.24, 2.45) is 5.92 Å². The topological polar surface area (TPSA) is 20.3 Å². The predicted octanol–water partition coefficient (Wildman–Crippen LogP) is 3.44. The summed E-state index contributed by atoms with van der Waals surface area (Å²) in [5.74, 6) is 0.962. The normalized spacial score (nSPS) is 29.5. The van der Waals surface area contributed by atoms with E-state index in [1.807, 2.05) is 30.9 Å². The highest BCUT2D eigenvalue weighted by atomic mass is 32.1. The molecule has 0 spiro atoms. The van der Waals surface area contributed by atoms with Gasteiger partial charge in [-0.2, -0.15) is 11.3 Å². The number of carbonyl (C=O) groups excluding carboxylic acids is 1. The molecule has 3 heteroatoms. The summed E-state index contributed by atoms with van der Waals surface area (Å²) >= 11 is 1.60. The van der Waals surface area contributed by atoms with Crippen molar-refractivity contribution in [3.63, 3.8) is 0 Å². The van der Waals surface area contributed by atoms with Crippen molar-refractivity contribution in [1.82, 2.24) is 4.90 Å². The van der Waals surface area contributed by atoms with Crippen LogP contribution in [0.2, 0.25) is 0 Å². The van der Waals surface area contributed by atoms with E-state index < -0.39 is 0 Å². The van der Waals surface area contributed by atoms with Crippen molar-refractivity contribution < 1.29 is 4.79 Å². The number of Topliss-reactive ketones (excluding diaryl/α,β-unsaturated/α-hetero) is 1. The average molecular weight is 251 g/mol. The molecule has 1 fully saturated rings. The first-order valence-corrected chi connectivity index (χ1v) is 7.25. The lowest BCUT2D eigenvalue weighted by atomic mass is 9.72. The molecule has 94 valence electrons. The zero-order chi connectivity index (χ0) is 12.5. The first-order chi connectivity index (χ1) is 8.06. The van der Waals surface area contributed by atoms with Crippen molar-refractivity contribution in [2.75, 3.05) is 14.1 Å². The van der Waals surface area contributed by atoms with Gasteiger partial charge in [-0.05, 0) is 44.3 Å². The Morgan fingerprint density at radius 1 is 1.53 bits per heavy atom. The van der Waals surface area contributed by atoms with Gasteiger partial charge in [0.05, 0.1) is 5.54 Å². The summed E-state index contributed by atoms with van der Waals surface area (Å²) in [4.78, 5) is 14.9. The van der Waals surface area contributed by atoms with Crippen molar-refractivity contribution in [3.05, 3.63) is 22.4 Å². The van der Waals surface area contributed by atoms with E-state index in [2.05, 4.69) is 11.8 Å². The predicted molar refractivity (Wildman–Crippen MR) is 72.7 cm³/mol. The molecule has 0 bridgehead atoms. The van der Waals surface area contributed by atoms with Crippen LogP contribution in [0, 0.1) is 5.92 Å². The third kappa shape index (κ3) is 2.31. The summed E-state index contributed by atoms with van der Waals surface area (Å²) in [5, 5.41) is 3.97. The zero-order valence-corrected chi connectivity index (χ0v) is 11.7. The highest BCUT2D eigenvalue weighted by Gasteiger charge is 2.43. The maximum absolute atomic E-state index is 12.7. The largest absolute Gasteiger partial charge is 0.297 e. The van der Waals surface area contributed by atoms with Gasteiger partial charge in [-0.15, -0.1) is 0 Å². The number of carbonyl (C=O) groups is 1. The summed E-state index contributed by atoms with van der Waals surface area (Å²) < 4.78 is 0. The molecule has 1 aromatic heterocycles. The van der Waals surface area contributed by atoms with Gasteiger partial charge < -0.3 is 0 Å². The molecular formula is C14H21NOS. The van der Waals surface area contributed by atoms with E-state index in [1.54, 1.807) is 11.3 Å². The Morgan fingerprint density at radius 2 is 2.29 bits per heavy atom. The van der Waals surface area contributed by atoms with Crippen LogP contribution in [0.3, 0.4) is 0 Å². The third-order valence-electron chi connectivity index (χ3n) is 4.04. The van der Waals surface area contributed by atoms with Crippen molar-refractivity contribution in [3.8, 4) is 0 Å². The minimum Gasteiger partial charge on any atom is -0.297 e. The summed E-state index contributed by atoms with van der Waals surface area (Å²) in [7, 11) is 4.09. The molecule has 2 atom stereocenters. The lowest BCUT2D eigenvalue weighted by Crippen LogP contribution is -2.53. The van der Waals surface area contributed by atoms with Crippen LogP contribution in [0.25, 0.3) is 0 Å². The number of likely N-dealkylation sites (N-methyl/N-ethyl adjacent to an activating group) is 1. The van der Waals surface area contributed by atoms with Crippen LogP contribution in [-0.4, -0.2) is 30.3 Å². The summed E-state index contributed by atoms with van der Waals surface area (Å²) in [5.41, 5.74) is 0.622. The second kappa shape index (κ2) is 4.91. The van der Waals surface area contributed by atoms with Gasteiger partial charge in [0.15, 0.2) is 5.78 Å². The Kier molecular flexibility index (Phi) is 3.69. The van der Waals surface area contributed by atoms with E-state index in [0.717, 1.165) is 24.8 Å². The molecule has 1 heterocycles. The summed E-state index contributed by atoms with van der Waals surface area (Å²) in [6, 6.07) is 1.96. The maximum atomic E-state index is 12.7. The second-order valence-electron chi connectivity index (χ2n) is 5.47. The standard InChI is InChI=1S/C14H21NOS/c1-11-5-4-7-14(9-11,15(2)3)13(16)12-6-8-17-10-12/h6,8,10-11H,4-5,7,9H2,1-3H3. The molecule has 1 aliphatic rings. The minimum atomic E-state index is -0.265. The smallest absolute Gasteiger partial charge is 0.183 e. The van der Waals surface area contributed by atoms with Gasteiger partial charge in [0.2, 0.25) is 0 Å². The Morgan fingerprint density at radius 3 is 2.82 bits per heavy atom. The van der Waals surface area contributed by atoms with E-state index in [4.69, 9.17) is 0 Å². The van der Waals surface area contributed by atoms with Gasteiger partial charge in [0.1, 0.15) is 0 Å². The van der Waals surface area contributed by atoms with Crippen LogP contribution in [0.1, 0.15) is 43.0 Å². The van der Waals surface area contributed by atoms with Crippen molar-refractivity contribution in [1.29, 1.82) is 0 Å². The molecule has 0 N–H and O–H groups in total. The molecule has 17 heavy (non-hydrogen) atoms. The number of thiophene rings is 1. The maximum Gasteiger partial charge on any atom is 0.183 e. The van der Waals surface area contributed by atoms with Crippen LogP contribution in [-0.2, 0) is 0 Å². The Balaban J connectivity index is 2.31. The van der Waals surface area contributed by atoms with Crippen LogP contribution in [0.4, 0.5) is 0 Å². The minimum absolute atomic E-state index is 0.265. The highest BCUT2D eigenvalue weighted by molar-refractivity contribution is 7.08. The fourth-order valence-corrected chi connectivity index (χ4v) is 3.64. The van der Waals surface area contributed by atoms with Gasteiger partial charge in [-0.1, -0.05) is 19.8 Å². The molecule has 0 radical (unpaired) electrons. The number of hydrogen-bond acceptors (Lipinski definition) is 3. The zero-order valence-electron chi connectivity index (χ0n) is 10.9. The van der Waals surface area contributed by atoms with Crippen LogP contribution in [0.5, 0.6) is 0 Å². The van der Waals surface area contributed by atoms with Gasteiger partial charge in [-0.25, -0.2) is 0 Å². The van der Waals surface area contributed by atoms with Gasteiger partial charge >= 0.3 is 0 Å². The second-order valence-corrected chi connectivity index (χ2v) is 6.25. The highest BCUT2D eigenvalue weighted by Crippen LogP contribution is 2.38. The molecule has 2 rings (SSSR count). The molecule has 0 aromatic carbocycles. The molecular weight excluding hydrogens is 230 g/mol. The third-order valence-corrected chi connectivity index (χ3v) is 4.72. The van der Waals surface area contributed by atoms with E-state index in [1.165, 1.54) is 6.42 Å². The lowest BCUT2D eigenvalue weighted by Gasteiger charge is -2.43. The van der Waals surface area contributed by atoms with Gasteiger partial charge in [0.25, 0.3) is 0 Å². The van der Waals surface area contributed by atoms with Crippen molar-refractivity contribution in [2.45, 2.75) is 38.1 Å².